The third-order valence-electron chi connectivity index (χ3n) is 5.86. The summed E-state index contributed by atoms with van der Waals surface area (Å²) < 4.78 is 0. The molecule has 4 rings (SSSR count). The van der Waals surface area contributed by atoms with Gasteiger partial charge in [-0.15, -0.1) is 0 Å². The summed E-state index contributed by atoms with van der Waals surface area (Å²) in [4.78, 5) is 0. The third kappa shape index (κ3) is 1.24. The van der Waals surface area contributed by atoms with Crippen LogP contribution in [0.2, 0.25) is 0 Å². The van der Waals surface area contributed by atoms with Crippen LogP contribution in [0.3, 0.4) is 0 Å². The number of hydrogen-bond donors (Lipinski definition) is 1. The lowest BCUT2D eigenvalue weighted by molar-refractivity contribution is 0.197. The van der Waals surface area contributed by atoms with Crippen LogP contribution in [0.4, 0.5) is 0 Å². The molecule has 1 N–H and O–H groups in total. The van der Waals surface area contributed by atoms with Crippen LogP contribution in [0.15, 0.2) is 24.3 Å². The van der Waals surface area contributed by atoms with E-state index in [0.29, 0.717) is 17.9 Å². The van der Waals surface area contributed by atoms with Crippen molar-refractivity contribution in [2.24, 2.45) is 23.2 Å². The third-order valence-corrected chi connectivity index (χ3v) is 5.86. The molecule has 1 aromatic rings. The van der Waals surface area contributed by atoms with Crippen molar-refractivity contribution in [1.29, 1.82) is 0 Å². The lowest BCUT2D eigenvalue weighted by Crippen LogP contribution is -2.20. The Labute approximate surface area is 103 Å². The Kier molecular flexibility index (Phi) is 2.00. The zero-order valence-electron chi connectivity index (χ0n) is 10.2. The smallest absolute Gasteiger partial charge is 0.0465 e. The minimum absolute atomic E-state index is 0.420. The maximum atomic E-state index is 9.50. The van der Waals surface area contributed by atoms with Crippen LogP contribution in [-0.2, 0) is 12.8 Å². The first-order valence-corrected chi connectivity index (χ1v) is 7.02. The normalized spacial score (nSPS) is 42.3. The molecule has 0 aliphatic heterocycles. The van der Waals surface area contributed by atoms with E-state index in [9.17, 15) is 5.11 Å². The van der Waals surface area contributed by atoms with Gasteiger partial charge in [-0.25, -0.2) is 0 Å². The van der Waals surface area contributed by atoms with Crippen LogP contribution in [0.1, 0.15) is 30.4 Å². The summed E-state index contributed by atoms with van der Waals surface area (Å²) in [5.41, 5.74) is 3.71. The van der Waals surface area contributed by atoms with Gasteiger partial charge in [0.25, 0.3) is 0 Å². The topological polar surface area (TPSA) is 20.2 Å². The summed E-state index contributed by atoms with van der Waals surface area (Å²) in [5, 5.41) is 9.50. The highest BCUT2D eigenvalue weighted by molar-refractivity contribution is 5.33. The van der Waals surface area contributed by atoms with Gasteiger partial charge < -0.3 is 5.11 Å². The van der Waals surface area contributed by atoms with E-state index in [4.69, 9.17) is 0 Å². The molecule has 2 fully saturated rings. The lowest BCUT2D eigenvalue weighted by atomic mass is 9.82. The van der Waals surface area contributed by atoms with E-state index in [0.717, 1.165) is 11.8 Å². The Morgan fingerprint density at radius 3 is 2.12 bits per heavy atom. The number of rotatable bonds is 1. The molecule has 1 spiro atoms. The highest BCUT2D eigenvalue weighted by Gasteiger charge is 2.65. The van der Waals surface area contributed by atoms with Crippen molar-refractivity contribution >= 4 is 0 Å². The maximum absolute atomic E-state index is 9.50. The average molecular weight is 228 g/mol. The molecule has 3 aliphatic rings. The molecule has 3 atom stereocenters. The Balaban J connectivity index is 1.75. The molecule has 90 valence electrons. The summed E-state index contributed by atoms with van der Waals surface area (Å²) in [7, 11) is 0. The van der Waals surface area contributed by atoms with Gasteiger partial charge >= 0.3 is 0 Å². The van der Waals surface area contributed by atoms with E-state index in [1.165, 1.54) is 32.1 Å². The van der Waals surface area contributed by atoms with Gasteiger partial charge in [0.05, 0.1) is 0 Å². The van der Waals surface area contributed by atoms with E-state index in [1.54, 1.807) is 11.1 Å². The molecule has 1 nitrogen and oxygen atoms in total. The highest BCUT2D eigenvalue weighted by Crippen LogP contribution is 2.70. The quantitative estimate of drug-likeness (QED) is 0.783. The second kappa shape index (κ2) is 3.35. The van der Waals surface area contributed by atoms with Gasteiger partial charge in [0.15, 0.2) is 0 Å². The van der Waals surface area contributed by atoms with Crippen molar-refractivity contribution < 1.29 is 5.11 Å². The summed E-state index contributed by atoms with van der Waals surface area (Å²) in [6, 6.07) is 9.00. The average Bonchev–Trinajstić information content (AvgIpc) is 2.99. The van der Waals surface area contributed by atoms with E-state index in [2.05, 4.69) is 24.3 Å². The molecule has 1 aromatic carbocycles. The predicted molar refractivity (Wildman–Crippen MR) is 67.7 cm³/mol. The van der Waals surface area contributed by atoms with Crippen molar-refractivity contribution in [3.8, 4) is 0 Å². The Morgan fingerprint density at radius 1 is 1.06 bits per heavy atom. The van der Waals surface area contributed by atoms with Crippen LogP contribution in [-0.4, -0.2) is 11.7 Å². The van der Waals surface area contributed by atoms with E-state index in [-0.39, 0.29) is 0 Å². The van der Waals surface area contributed by atoms with E-state index >= 15 is 0 Å². The minimum Gasteiger partial charge on any atom is -0.396 e. The van der Waals surface area contributed by atoms with Crippen molar-refractivity contribution in [2.45, 2.75) is 32.1 Å². The molecule has 2 saturated carbocycles. The molecule has 3 unspecified atom stereocenters. The predicted octanol–water partition coefficient (Wildman–Crippen LogP) is 2.81. The Morgan fingerprint density at radius 2 is 1.65 bits per heavy atom. The van der Waals surface area contributed by atoms with Gasteiger partial charge in [-0.05, 0) is 66.4 Å². The number of aliphatic hydroxyl groups is 1. The first kappa shape index (κ1) is 10.1. The SMILES string of the molecule is OCC1CC12C1CCC2Cc2ccccc2C1. The lowest BCUT2D eigenvalue weighted by Gasteiger charge is -2.23. The van der Waals surface area contributed by atoms with Crippen molar-refractivity contribution in [3.05, 3.63) is 35.4 Å². The summed E-state index contributed by atoms with van der Waals surface area (Å²) in [6.07, 6.45) is 6.63. The van der Waals surface area contributed by atoms with Crippen molar-refractivity contribution in [3.63, 3.8) is 0 Å². The van der Waals surface area contributed by atoms with Gasteiger partial charge in [0.1, 0.15) is 0 Å². The monoisotopic (exact) mass is 228 g/mol. The maximum Gasteiger partial charge on any atom is 0.0465 e. The summed E-state index contributed by atoms with van der Waals surface area (Å²) >= 11 is 0. The summed E-state index contributed by atoms with van der Waals surface area (Å²) in [5.74, 6) is 2.33. The number of benzene rings is 1. The van der Waals surface area contributed by atoms with Crippen LogP contribution in [0.25, 0.3) is 0 Å². The largest absolute Gasteiger partial charge is 0.396 e. The molecule has 1 heteroatoms. The highest BCUT2D eigenvalue weighted by atomic mass is 16.3. The fourth-order valence-corrected chi connectivity index (χ4v) is 4.95. The molecule has 0 saturated heterocycles. The summed E-state index contributed by atoms with van der Waals surface area (Å²) in [6.45, 7) is 0.420. The molecule has 3 aliphatic carbocycles. The molecule has 0 radical (unpaired) electrons. The zero-order valence-corrected chi connectivity index (χ0v) is 10.2. The Hall–Kier alpha value is -0.820. The molecule has 0 aromatic heterocycles. The second-order valence-electron chi connectivity index (χ2n) is 6.34. The van der Waals surface area contributed by atoms with Gasteiger partial charge in [0.2, 0.25) is 0 Å². The molecular formula is C16H20O. The van der Waals surface area contributed by atoms with E-state index in [1.807, 2.05) is 0 Å². The first-order chi connectivity index (χ1) is 8.34. The Bertz CT molecular complexity index is 418. The van der Waals surface area contributed by atoms with Crippen LogP contribution >= 0.6 is 0 Å². The number of hydrogen-bond acceptors (Lipinski definition) is 1. The van der Waals surface area contributed by atoms with Crippen molar-refractivity contribution in [1.82, 2.24) is 0 Å². The number of fused-ring (bicyclic) bond motifs is 1. The second-order valence-corrected chi connectivity index (χ2v) is 6.34. The molecular weight excluding hydrogens is 208 g/mol. The molecule has 0 amide bonds. The zero-order chi connectivity index (χ0) is 11.5. The van der Waals surface area contributed by atoms with Gasteiger partial charge in [-0.3, -0.25) is 0 Å². The van der Waals surface area contributed by atoms with Gasteiger partial charge in [-0.1, -0.05) is 24.3 Å². The fourth-order valence-electron chi connectivity index (χ4n) is 4.95. The van der Waals surface area contributed by atoms with Crippen LogP contribution in [0.5, 0.6) is 0 Å². The number of aliphatic hydroxyl groups excluding tert-OH is 1. The standard InChI is InChI=1S/C16H20O/c17-10-15-9-16(15)13-5-6-14(16)8-12-4-2-1-3-11(12)7-13/h1-4,13-15,17H,5-10H2. The van der Waals surface area contributed by atoms with Crippen molar-refractivity contribution in [2.75, 3.05) is 6.61 Å². The van der Waals surface area contributed by atoms with Gasteiger partial charge in [0, 0.05) is 6.61 Å². The van der Waals surface area contributed by atoms with Crippen LogP contribution < -0.4 is 0 Å². The minimum atomic E-state index is 0.420. The van der Waals surface area contributed by atoms with Crippen LogP contribution in [0, 0.1) is 23.2 Å². The van der Waals surface area contributed by atoms with Gasteiger partial charge in [-0.2, -0.15) is 0 Å². The molecule has 2 bridgehead atoms. The molecule has 0 heterocycles. The molecule has 17 heavy (non-hydrogen) atoms. The van der Waals surface area contributed by atoms with E-state index < -0.39 is 0 Å². The first-order valence-electron chi connectivity index (χ1n) is 7.02. The fraction of sp³-hybridized carbons (Fsp3) is 0.625.